The molecule has 1 amide bonds. The lowest BCUT2D eigenvalue weighted by Crippen LogP contribution is -2.39. The lowest BCUT2D eigenvalue weighted by molar-refractivity contribution is -0.129. The van der Waals surface area contributed by atoms with Crippen molar-refractivity contribution >= 4 is 21.7 Å². The second-order valence-corrected chi connectivity index (χ2v) is 7.02. The molecule has 0 aliphatic rings. The topological polar surface area (TPSA) is 89.5 Å². The van der Waals surface area contributed by atoms with Crippen LogP contribution in [0.1, 0.15) is 31.1 Å². The molecular formula is C14H19NO5S. The summed E-state index contributed by atoms with van der Waals surface area (Å²) in [6.45, 7) is 5.08. The minimum absolute atomic E-state index is 0.0484. The first-order valence-electron chi connectivity index (χ1n) is 6.42. The summed E-state index contributed by atoms with van der Waals surface area (Å²) in [5.74, 6) is -1.06. The van der Waals surface area contributed by atoms with E-state index in [0.29, 0.717) is 0 Å². The van der Waals surface area contributed by atoms with Crippen LogP contribution in [0.4, 0.5) is 0 Å². The number of nitrogens with one attached hydrogen (secondary N) is 1. The van der Waals surface area contributed by atoms with Crippen LogP contribution in [-0.2, 0) is 19.4 Å². The molecule has 7 heteroatoms. The zero-order chi connectivity index (χ0) is 16.2. The number of benzene rings is 1. The molecule has 1 atom stereocenters. The van der Waals surface area contributed by atoms with E-state index >= 15 is 0 Å². The van der Waals surface area contributed by atoms with Crippen LogP contribution in [0, 0.1) is 0 Å². The second kappa shape index (κ2) is 6.71. The Morgan fingerprint density at radius 1 is 1.10 bits per heavy atom. The van der Waals surface area contributed by atoms with Crippen molar-refractivity contribution in [1.29, 1.82) is 0 Å². The van der Waals surface area contributed by atoms with E-state index in [4.69, 9.17) is 4.74 Å². The van der Waals surface area contributed by atoms with Gasteiger partial charge < -0.3 is 10.1 Å². The van der Waals surface area contributed by atoms with E-state index in [1.165, 1.54) is 31.2 Å². The highest BCUT2D eigenvalue weighted by Gasteiger charge is 2.19. The van der Waals surface area contributed by atoms with Crippen LogP contribution in [0.2, 0.25) is 0 Å². The Labute approximate surface area is 124 Å². The third kappa shape index (κ3) is 5.18. The number of hydrogen-bond acceptors (Lipinski definition) is 5. The number of rotatable bonds is 5. The number of carbonyl (C=O) groups excluding carboxylic acids is 2. The van der Waals surface area contributed by atoms with Crippen LogP contribution in [-0.4, -0.2) is 38.7 Å². The van der Waals surface area contributed by atoms with E-state index in [1.807, 2.05) is 0 Å². The predicted octanol–water partition coefficient (Wildman–Crippen LogP) is 1.16. The summed E-state index contributed by atoms with van der Waals surface area (Å²) in [5, 5.41) is 2.63. The highest BCUT2D eigenvalue weighted by Crippen LogP contribution is 2.12. The van der Waals surface area contributed by atoms with Crippen molar-refractivity contribution in [1.82, 2.24) is 5.32 Å². The van der Waals surface area contributed by atoms with Crippen molar-refractivity contribution in [3.05, 3.63) is 29.8 Å². The number of sulfone groups is 1. The number of hydrogen-bond donors (Lipinski definition) is 1. The molecular weight excluding hydrogens is 294 g/mol. The van der Waals surface area contributed by atoms with Gasteiger partial charge in [-0.05, 0) is 45.0 Å². The Kier molecular flexibility index (Phi) is 5.48. The van der Waals surface area contributed by atoms with Gasteiger partial charge in [-0.15, -0.1) is 0 Å². The molecule has 116 valence electrons. The Hall–Kier alpha value is -1.89. The molecule has 0 aromatic heterocycles. The number of carbonyl (C=O) groups is 2. The summed E-state index contributed by atoms with van der Waals surface area (Å²) in [4.78, 5) is 23.6. The summed E-state index contributed by atoms with van der Waals surface area (Å²) in [5.41, 5.74) is 0.187. The molecule has 0 heterocycles. The Morgan fingerprint density at radius 3 is 2.05 bits per heavy atom. The standard InChI is InChI=1S/C14H19NO5S/c1-9(2)15-13(16)10(3)20-14(17)11-5-7-12(8-6-11)21(4,18)19/h5-10H,1-4H3,(H,15,16)/t10-/m0/s1. The fourth-order valence-electron chi connectivity index (χ4n) is 1.52. The highest BCUT2D eigenvalue weighted by atomic mass is 32.2. The highest BCUT2D eigenvalue weighted by molar-refractivity contribution is 7.90. The molecule has 1 aromatic carbocycles. The maximum atomic E-state index is 11.9. The van der Waals surface area contributed by atoms with E-state index in [0.717, 1.165) is 6.26 Å². The van der Waals surface area contributed by atoms with E-state index in [2.05, 4.69) is 5.32 Å². The molecule has 1 N–H and O–H groups in total. The first-order valence-corrected chi connectivity index (χ1v) is 8.32. The van der Waals surface area contributed by atoms with Gasteiger partial charge in [-0.1, -0.05) is 0 Å². The van der Waals surface area contributed by atoms with Crippen molar-refractivity contribution in [2.24, 2.45) is 0 Å². The average Bonchev–Trinajstić information content (AvgIpc) is 2.36. The summed E-state index contributed by atoms with van der Waals surface area (Å²) in [7, 11) is -3.31. The van der Waals surface area contributed by atoms with E-state index in [1.54, 1.807) is 13.8 Å². The van der Waals surface area contributed by atoms with Gasteiger partial charge in [0, 0.05) is 12.3 Å². The average molecular weight is 313 g/mol. The van der Waals surface area contributed by atoms with Gasteiger partial charge in [-0.3, -0.25) is 4.79 Å². The van der Waals surface area contributed by atoms with Gasteiger partial charge in [0.1, 0.15) is 0 Å². The van der Waals surface area contributed by atoms with Crippen LogP contribution in [0.25, 0.3) is 0 Å². The number of ether oxygens (including phenoxy) is 1. The van der Waals surface area contributed by atoms with Gasteiger partial charge in [-0.2, -0.15) is 0 Å². The molecule has 0 aliphatic heterocycles. The summed E-state index contributed by atoms with van der Waals surface area (Å²) < 4.78 is 27.7. The van der Waals surface area contributed by atoms with Gasteiger partial charge in [0.05, 0.1) is 10.5 Å². The number of esters is 1. The maximum absolute atomic E-state index is 11.9. The zero-order valence-electron chi connectivity index (χ0n) is 12.4. The molecule has 0 spiro atoms. The largest absolute Gasteiger partial charge is 0.449 e. The van der Waals surface area contributed by atoms with Gasteiger partial charge in [0.2, 0.25) is 0 Å². The van der Waals surface area contributed by atoms with Gasteiger partial charge in [-0.25, -0.2) is 13.2 Å². The molecule has 0 bridgehead atoms. The molecule has 1 aromatic rings. The van der Waals surface area contributed by atoms with Crippen molar-refractivity contribution in [3.63, 3.8) is 0 Å². The number of amides is 1. The Balaban J connectivity index is 2.74. The van der Waals surface area contributed by atoms with Crippen LogP contribution in [0.3, 0.4) is 0 Å². The molecule has 0 fully saturated rings. The van der Waals surface area contributed by atoms with Gasteiger partial charge in [0.25, 0.3) is 5.91 Å². The summed E-state index contributed by atoms with van der Waals surface area (Å²) >= 11 is 0. The van der Waals surface area contributed by atoms with Crippen LogP contribution >= 0.6 is 0 Å². The van der Waals surface area contributed by atoms with Crippen molar-refractivity contribution in [2.75, 3.05) is 6.26 Å². The molecule has 0 aliphatic carbocycles. The Bertz CT molecular complexity index is 619. The Morgan fingerprint density at radius 2 is 1.62 bits per heavy atom. The lowest BCUT2D eigenvalue weighted by Gasteiger charge is -2.15. The minimum Gasteiger partial charge on any atom is -0.449 e. The smallest absolute Gasteiger partial charge is 0.338 e. The van der Waals surface area contributed by atoms with Crippen LogP contribution < -0.4 is 5.32 Å². The summed E-state index contributed by atoms with van der Waals surface area (Å²) in [6, 6.07) is 5.31. The maximum Gasteiger partial charge on any atom is 0.338 e. The lowest BCUT2D eigenvalue weighted by atomic mass is 10.2. The van der Waals surface area contributed by atoms with Crippen molar-refractivity contribution in [2.45, 2.75) is 37.8 Å². The minimum atomic E-state index is -3.31. The molecule has 0 radical (unpaired) electrons. The summed E-state index contributed by atoms with van der Waals surface area (Å²) in [6.07, 6.45) is 0.160. The van der Waals surface area contributed by atoms with Gasteiger partial charge >= 0.3 is 5.97 Å². The quantitative estimate of drug-likeness (QED) is 0.824. The monoisotopic (exact) mass is 313 g/mol. The van der Waals surface area contributed by atoms with E-state index < -0.39 is 21.9 Å². The first-order chi connectivity index (χ1) is 9.61. The second-order valence-electron chi connectivity index (χ2n) is 5.01. The normalized spacial score (nSPS) is 12.8. The van der Waals surface area contributed by atoms with Gasteiger partial charge in [0.15, 0.2) is 15.9 Å². The molecule has 21 heavy (non-hydrogen) atoms. The van der Waals surface area contributed by atoms with Crippen molar-refractivity contribution in [3.8, 4) is 0 Å². The predicted molar refractivity (Wildman–Crippen MR) is 77.7 cm³/mol. The molecule has 6 nitrogen and oxygen atoms in total. The van der Waals surface area contributed by atoms with Crippen LogP contribution in [0.5, 0.6) is 0 Å². The SMILES string of the molecule is CC(C)NC(=O)[C@H](C)OC(=O)c1ccc(S(C)(=O)=O)cc1. The third-order valence-corrected chi connectivity index (χ3v) is 3.73. The molecule has 0 saturated heterocycles. The third-order valence-electron chi connectivity index (χ3n) is 2.60. The zero-order valence-corrected chi connectivity index (χ0v) is 13.2. The molecule has 0 saturated carbocycles. The van der Waals surface area contributed by atoms with Crippen molar-refractivity contribution < 1.29 is 22.7 Å². The fourth-order valence-corrected chi connectivity index (χ4v) is 2.15. The van der Waals surface area contributed by atoms with E-state index in [9.17, 15) is 18.0 Å². The van der Waals surface area contributed by atoms with E-state index in [-0.39, 0.29) is 22.4 Å². The van der Waals surface area contributed by atoms with Crippen LogP contribution in [0.15, 0.2) is 29.2 Å². The first kappa shape index (κ1) is 17.2. The fraction of sp³-hybridized carbons (Fsp3) is 0.429. The molecule has 0 unspecified atom stereocenters. The molecule has 1 rings (SSSR count).